The molecule has 1 aliphatic carbocycles. The Hall–Kier alpha value is -0.450. The van der Waals surface area contributed by atoms with Crippen molar-refractivity contribution >= 4 is 11.3 Å². The minimum atomic E-state index is -0.190. The molecular formula is C13H21NO2S. The van der Waals surface area contributed by atoms with E-state index in [4.69, 9.17) is 9.84 Å². The van der Waals surface area contributed by atoms with Gasteiger partial charge in [0.25, 0.3) is 0 Å². The number of nitrogens with zero attached hydrogens (tertiary/aromatic N) is 1. The van der Waals surface area contributed by atoms with Gasteiger partial charge in [0.05, 0.1) is 12.3 Å². The summed E-state index contributed by atoms with van der Waals surface area (Å²) >= 11 is 1.63. The Bertz CT molecular complexity index is 362. The van der Waals surface area contributed by atoms with Crippen LogP contribution in [0.25, 0.3) is 0 Å². The number of aliphatic hydroxyl groups is 1. The van der Waals surface area contributed by atoms with E-state index in [-0.39, 0.29) is 12.2 Å². The zero-order valence-corrected chi connectivity index (χ0v) is 11.4. The monoisotopic (exact) mass is 255 g/mol. The van der Waals surface area contributed by atoms with Crippen molar-refractivity contribution in [3.63, 3.8) is 0 Å². The van der Waals surface area contributed by atoms with Gasteiger partial charge in [-0.05, 0) is 32.1 Å². The molecule has 0 radical (unpaired) electrons. The highest BCUT2D eigenvalue weighted by Gasteiger charge is 2.39. The molecular weight excluding hydrogens is 234 g/mol. The van der Waals surface area contributed by atoms with Crippen molar-refractivity contribution in [3.05, 3.63) is 16.1 Å². The summed E-state index contributed by atoms with van der Waals surface area (Å²) < 4.78 is 6.05. The van der Waals surface area contributed by atoms with Gasteiger partial charge in [-0.15, -0.1) is 11.3 Å². The second-order valence-corrected chi connectivity index (χ2v) is 5.79. The predicted octanol–water partition coefficient (Wildman–Crippen LogP) is 3.08. The topological polar surface area (TPSA) is 42.4 Å². The lowest BCUT2D eigenvalue weighted by Gasteiger charge is -2.38. The molecule has 1 fully saturated rings. The molecule has 0 saturated heterocycles. The molecule has 1 N–H and O–H groups in total. The second-order valence-electron chi connectivity index (χ2n) is 4.93. The molecule has 1 saturated carbocycles. The van der Waals surface area contributed by atoms with Crippen LogP contribution in [0.1, 0.15) is 50.2 Å². The number of ether oxygens (including phenoxy) is 1. The zero-order valence-electron chi connectivity index (χ0n) is 10.6. The van der Waals surface area contributed by atoms with Gasteiger partial charge in [-0.25, -0.2) is 4.98 Å². The number of thiazole rings is 1. The van der Waals surface area contributed by atoms with Gasteiger partial charge in [-0.3, -0.25) is 0 Å². The number of aliphatic hydroxyl groups excluding tert-OH is 1. The lowest BCUT2D eigenvalue weighted by molar-refractivity contribution is -0.0821. The number of hydrogen-bond acceptors (Lipinski definition) is 4. The average molecular weight is 255 g/mol. The second kappa shape index (κ2) is 5.46. The Kier molecular flexibility index (Phi) is 4.17. The van der Waals surface area contributed by atoms with Gasteiger partial charge in [-0.1, -0.05) is 13.3 Å². The summed E-state index contributed by atoms with van der Waals surface area (Å²) in [6.45, 7) is 5.07. The first kappa shape index (κ1) is 13.0. The predicted molar refractivity (Wildman–Crippen MR) is 69.0 cm³/mol. The number of rotatable bonds is 4. The van der Waals surface area contributed by atoms with E-state index in [0.29, 0.717) is 5.92 Å². The van der Waals surface area contributed by atoms with Gasteiger partial charge in [-0.2, -0.15) is 0 Å². The SMILES string of the molecule is CCOC1(c2nc(CO)cs2)CCCC(C)C1. The summed E-state index contributed by atoms with van der Waals surface area (Å²) in [5.74, 6) is 0.691. The molecule has 3 nitrogen and oxygen atoms in total. The van der Waals surface area contributed by atoms with Crippen molar-refractivity contribution in [1.29, 1.82) is 0 Å². The van der Waals surface area contributed by atoms with Crippen LogP contribution in [0.5, 0.6) is 0 Å². The van der Waals surface area contributed by atoms with Crippen molar-refractivity contribution in [3.8, 4) is 0 Å². The third kappa shape index (κ3) is 2.69. The molecule has 0 aromatic carbocycles. The number of hydrogen-bond donors (Lipinski definition) is 1. The first-order chi connectivity index (χ1) is 8.20. The molecule has 1 heterocycles. The van der Waals surface area contributed by atoms with E-state index in [1.165, 1.54) is 12.8 Å². The molecule has 1 aromatic heterocycles. The van der Waals surface area contributed by atoms with E-state index in [2.05, 4.69) is 11.9 Å². The Morgan fingerprint density at radius 2 is 2.47 bits per heavy atom. The molecule has 2 atom stereocenters. The quantitative estimate of drug-likeness (QED) is 0.899. The average Bonchev–Trinajstić information content (AvgIpc) is 2.78. The van der Waals surface area contributed by atoms with Crippen molar-refractivity contribution in [2.75, 3.05) is 6.61 Å². The van der Waals surface area contributed by atoms with Crippen LogP contribution in [0, 0.1) is 5.92 Å². The minimum Gasteiger partial charge on any atom is -0.390 e. The van der Waals surface area contributed by atoms with E-state index in [9.17, 15) is 0 Å². The molecule has 0 spiro atoms. The minimum absolute atomic E-state index is 0.0221. The summed E-state index contributed by atoms with van der Waals surface area (Å²) in [4.78, 5) is 4.52. The molecule has 96 valence electrons. The Labute approximate surface area is 107 Å². The summed E-state index contributed by atoms with van der Waals surface area (Å²) in [7, 11) is 0. The van der Waals surface area contributed by atoms with Gasteiger partial charge in [0.2, 0.25) is 0 Å². The van der Waals surface area contributed by atoms with Crippen molar-refractivity contribution in [2.24, 2.45) is 5.92 Å². The summed E-state index contributed by atoms with van der Waals surface area (Å²) in [6, 6.07) is 0. The van der Waals surface area contributed by atoms with E-state index in [1.54, 1.807) is 11.3 Å². The third-order valence-corrected chi connectivity index (χ3v) is 4.56. The van der Waals surface area contributed by atoms with Crippen LogP contribution in [-0.4, -0.2) is 16.7 Å². The highest BCUT2D eigenvalue weighted by atomic mass is 32.1. The summed E-state index contributed by atoms with van der Waals surface area (Å²) in [5.41, 5.74) is 0.576. The van der Waals surface area contributed by atoms with Crippen LogP contribution >= 0.6 is 11.3 Å². The van der Waals surface area contributed by atoms with Gasteiger partial charge in [0.1, 0.15) is 10.6 Å². The van der Waals surface area contributed by atoms with Crippen LogP contribution < -0.4 is 0 Å². The maximum atomic E-state index is 9.12. The highest BCUT2D eigenvalue weighted by molar-refractivity contribution is 7.09. The molecule has 1 aromatic rings. The normalized spacial score (nSPS) is 29.5. The molecule has 17 heavy (non-hydrogen) atoms. The maximum Gasteiger partial charge on any atom is 0.125 e. The van der Waals surface area contributed by atoms with E-state index >= 15 is 0 Å². The Balaban J connectivity index is 2.26. The van der Waals surface area contributed by atoms with Crippen LogP contribution in [0.15, 0.2) is 5.38 Å². The fourth-order valence-corrected chi connectivity index (χ4v) is 3.76. The molecule has 4 heteroatoms. The molecule has 2 unspecified atom stereocenters. The van der Waals surface area contributed by atoms with Crippen LogP contribution in [0.2, 0.25) is 0 Å². The summed E-state index contributed by atoms with van der Waals surface area (Å²) in [6.07, 6.45) is 4.60. The molecule has 1 aliphatic rings. The van der Waals surface area contributed by atoms with E-state index in [0.717, 1.165) is 30.2 Å². The van der Waals surface area contributed by atoms with Gasteiger partial charge >= 0.3 is 0 Å². The zero-order chi connectivity index (χ0) is 12.3. The van der Waals surface area contributed by atoms with E-state index < -0.39 is 0 Å². The van der Waals surface area contributed by atoms with E-state index in [1.807, 2.05) is 12.3 Å². The maximum absolute atomic E-state index is 9.12. The van der Waals surface area contributed by atoms with Gasteiger partial charge in [0.15, 0.2) is 0 Å². The van der Waals surface area contributed by atoms with Crippen molar-refractivity contribution < 1.29 is 9.84 Å². The molecule has 0 bridgehead atoms. The molecule has 0 aliphatic heterocycles. The highest BCUT2D eigenvalue weighted by Crippen LogP contribution is 2.43. The van der Waals surface area contributed by atoms with Crippen LogP contribution in [-0.2, 0) is 16.9 Å². The van der Waals surface area contributed by atoms with Gasteiger partial charge < -0.3 is 9.84 Å². The Morgan fingerprint density at radius 1 is 1.65 bits per heavy atom. The lowest BCUT2D eigenvalue weighted by Crippen LogP contribution is -2.35. The first-order valence-electron chi connectivity index (χ1n) is 6.40. The van der Waals surface area contributed by atoms with Crippen molar-refractivity contribution in [2.45, 2.75) is 51.7 Å². The third-order valence-electron chi connectivity index (χ3n) is 3.48. The van der Waals surface area contributed by atoms with Gasteiger partial charge in [0, 0.05) is 12.0 Å². The molecule has 0 amide bonds. The fourth-order valence-electron chi connectivity index (χ4n) is 2.76. The largest absolute Gasteiger partial charge is 0.390 e. The van der Waals surface area contributed by atoms with Crippen LogP contribution in [0.3, 0.4) is 0 Å². The lowest BCUT2D eigenvalue weighted by atomic mass is 9.79. The smallest absolute Gasteiger partial charge is 0.125 e. The Morgan fingerprint density at radius 3 is 3.06 bits per heavy atom. The van der Waals surface area contributed by atoms with Crippen LogP contribution in [0.4, 0.5) is 0 Å². The fraction of sp³-hybridized carbons (Fsp3) is 0.769. The number of aromatic nitrogens is 1. The standard InChI is InChI=1S/C13H21NO2S/c1-3-16-13(6-4-5-10(2)7-13)12-14-11(8-15)9-17-12/h9-10,15H,3-8H2,1-2H3. The summed E-state index contributed by atoms with van der Waals surface area (Å²) in [5, 5.41) is 12.1. The first-order valence-corrected chi connectivity index (χ1v) is 7.28. The van der Waals surface area contributed by atoms with Crippen molar-refractivity contribution in [1.82, 2.24) is 4.98 Å². The molecule has 2 rings (SSSR count).